The molecule has 0 aromatic rings. The Labute approximate surface area is 90.6 Å². The van der Waals surface area contributed by atoms with Crippen molar-refractivity contribution in [2.45, 2.75) is 25.9 Å². The van der Waals surface area contributed by atoms with Gasteiger partial charge in [0.05, 0.1) is 12.0 Å². The molecule has 0 aromatic carbocycles. The highest BCUT2D eigenvalue weighted by Crippen LogP contribution is 2.20. The lowest BCUT2D eigenvalue weighted by atomic mass is 9.95. The van der Waals surface area contributed by atoms with Crippen LogP contribution in [-0.4, -0.2) is 48.2 Å². The van der Waals surface area contributed by atoms with Gasteiger partial charge in [0.25, 0.3) is 0 Å². The number of piperidine rings is 1. The first kappa shape index (κ1) is 10.9. The molecule has 2 aliphatic rings. The standard InChI is InChI=1S/C11H20N2O2/c1-8-7-13(5-3-10(8)14)11(15)9-2-4-12-6-9/h8-10,12,14H,2-7H2,1H3/t8-,9-,10-/m1/s1. The molecule has 3 atom stereocenters. The minimum absolute atomic E-state index is 0.174. The Morgan fingerprint density at radius 2 is 2.27 bits per heavy atom. The zero-order valence-corrected chi connectivity index (χ0v) is 9.28. The van der Waals surface area contributed by atoms with Crippen molar-refractivity contribution in [2.24, 2.45) is 11.8 Å². The van der Waals surface area contributed by atoms with Gasteiger partial charge >= 0.3 is 0 Å². The molecule has 0 aliphatic carbocycles. The molecule has 4 nitrogen and oxygen atoms in total. The van der Waals surface area contributed by atoms with Crippen molar-refractivity contribution in [1.29, 1.82) is 0 Å². The number of aliphatic hydroxyl groups is 1. The largest absolute Gasteiger partial charge is 0.393 e. The first-order chi connectivity index (χ1) is 7.18. The van der Waals surface area contributed by atoms with Gasteiger partial charge in [0.1, 0.15) is 0 Å². The fraction of sp³-hybridized carbons (Fsp3) is 0.909. The Morgan fingerprint density at radius 3 is 2.87 bits per heavy atom. The minimum Gasteiger partial charge on any atom is -0.393 e. The summed E-state index contributed by atoms with van der Waals surface area (Å²) in [6.07, 6.45) is 1.47. The highest BCUT2D eigenvalue weighted by atomic mass is 16.3. The van der Waals surface area contributed by atoms with Crippen molar-refractivity contribution >= 4 is 5.91 Å². The van der Waals surface area contributed by atoms with Crippen LogP contribution in [0.15, 0.2) is 0 Å². The molecular formula is C11H20N2O2. The smallest absolute Gasteiger partial charge is 0.227 e. The van der Waals surface area contributed by atoms with Gasteiger partial charge in [-0.1, -0.05) is 6.92 Å². The average Bonchev–Trinajstić information content (AvgIpc) is 2.74. The van der Waals surface area contributed by atoms with Crippen LogP contribution in [0, 0.1) is 11.8 Å². The van der Waals surface area contributed by atoms with E-state index in [4.69, 9.17) is 0 Å². The summed E-state index contributed by atoms with van der Waals surface area (Å²) in [7, 11) is 0. The molecule has 2 heterocycles. The first-order valence-electron chi connectivity index (χ1n) is 5.86. The van der Waals surface area contributed by atoms with Crippen LogP contribution in [0.25, 0.3) is 0 Å². The second-order valence-electron chi connectivity index (χ2n) is 4.81. The molecule has 0 spiro atoms. The molecule has 0 aromatic heterocycles. The second kappa shape index (κ2) is 4.49. The Balaban J connectivity index is 1.90. The summed E-state index contributed by atoms with van der Waals surface area (Å²) in [4.78, 5) is 14.0. The quantitative estimate of drug-likeness (QED) is 0.634. The number of hydrogen-bond acceptors (Lipinski definition) is 3. The highest BCUT2D eigenvalue weighted by molar-refractivity contribution is 5.79. The van der Waals surface area contributed by atoms with Crippen LogP contribution in [0.2, 0.25) is 0 Å². The Bertz CT molecular complexity index is 239. The van der Waals surface area contributed by atoms with Crippen molar-refractivity contribution in [3.63, 3.8) is 0 Å². The van der Waals surface area contributed by atoms with Crippen LogP contribution in [0.5, 0.6) is 0 Å². The predicted octanol–water partition coefficient (Wildman–Crippen LogP) is -0.175. The fourth-order valence-corrected chi connectivity index (χ4v) is 2.46. The molecule has 0 bridgehead atoms. The van der Waals surface area contributed by atoms with E-state index < -0.39 is 0 Å². The van der Waals surface area contributed by atoms with Gasteiger partial charge in [-0.15, -0.1) is 0 Å². The normalized spacial score (nSPS) is 36.9. The number of amides is 1. The molecule has 2 rings (SSSR count). The number of likely N-dealkylation sites (tertiary alicyclic amines) is 1. The van der Waals surface area contributed by atoms with Crippen LogP contribution in [0.3, 0.4) is 0 Å². The summed E-state index contributed by atoms with van der Waals surface area (Å²) >= 11 is 0. The number of rotatable bonds is 1. The van der Waals surface area contributed by atoms with Gasteiger partial charge in [-0.2, -0.15) is 0 Å². The van der Waals surface area contributed by atoms with Gasteiger partial charge in [-0.05, 0) is 25.3 Å². The zero-order chi connectivity index (χ0) is 10.8. The number of carbonyl (C=O) groups excluding carboxylic acids is 1. The third kappa shape index (κ3) is 2.32. The van der Waals surface area contributed by atoms with Crippen molar-refractivity contribution in [1.82, 2.24) is 10.2 Å². The molecule has 4 heteroatoms. The van der Waals surface area contributed by atoms with Crippen LogP contribution < -0.4 is 5.32 Å². The monoisotopic (exact) mass is 212 g/mol. The van der Waals surface area contributed by atoms with Crippen LogP contribution in [0.4, 0.5) is 0 Å². The summed E-state index contributed by atoms with van der Waals surface area (Å²) in [5, 5.41) is 12.8. The predicted molar refractivity (Wildman–Crippen MR) is 57.3 cm³/mol. The van der Waals surface area contributed by atoms with E-state index in [1.165, 1.54) is 0 Å². The van der Waals surface area contributed by atoms with Crippen LogP contribution in [0.1, 0.15) is 19.8 Å². The Kier molecular flexibility index (Phi) is 3.26. The van der Waals surface area contributed by atoms with Gasteiger partial charge < -0.3 is 15.3 Å². The summed E-state index contributed by atoms with van der Waals surface area (Å²) in [6, 6.07) is 0. The van der Waals surface area contributed by atoms with E-state index in [1.807, 2.05) is 11.8 Å². The maximum Gasteiger partial charge on any atom is 0.227 e. The SMILES string of the molecule is C[C@@H]1CN(C(=O)[C@@H]2CCNC2)CC[C@H]1O. The third-order valence-corrected chi connectivity index (χ3v) is 3.58. The Hall–Kier alpha value is -0.610. The molecule has 0 unspecified atom stereocenters. The van der Waals surface area contributed by atoms with E-state index in [-0.39, 0.29) is 23.8 Å². The van der Waals surface area contributed by atoms with Gasteiger partial charge in [0, 0.05) is 19.6 Å². The summed E-state index contributed by atoms with van der Waals surface area (Å²) < 4.78 is 0. The zero-order valence-electron chi connectivity index (χ0n) is 9.28. The molecule has 15 heavy (non-hydrogen) atoms. The van der Waals surface area contributed by atoms with E-state index in [1.54, 1.807) is 0 Å². The lowest BCUT2D eigenvalue weighted by molar-refractivity contribution is -0.138. The summed E-state index contributed by atoms with van der Waals surface area (Å²) in [5.41, 5.74) is 0. The van der Waals surface area contributed by atoms with Gasteiger partial charge in [-0.3, -0.25) is 4.79 Å². The van der Waals surface area contributed by atoms with E-state index in [2.05, 4.69) is 5.32 Å². The molecule has 2 N–H and O–H groups in total. The first-order valence-corrected chi connectivity index (χ1v) is 5.86. The van der Waals surface area contributed by atoms with E-state index in [0.717, 1.165) is 39.0 Å². The van der Waals surface area contributed by atoms with Crippen molar-refractivity contribution < 1.29 is 9.90 Å². The lowest BCUT2D eigenvalue weighted by Gasteiger charge is -2.35. The van der Waals surface area contributed by atoms with Gasteiger partial charge in [-0.25, -0.2) is 0 Å². The molecule has 86 valence electrons. The van der Waals surface area contributed by atoms with Crippen molar-refractivity contribution in [3.8, 4) is 0 Å². The topological polar surface area (TPSA) is 52.6 Å². The lowest BCUT2D eigenvalue weighted by Crippen LogP contribution is -2.47. The number of hydrogen-bond donors (Lipinski definition) is 2. The number of nitrogens with one attached hydrogen (secondary N) is 1. The Morgan fingerprint density at radius 1 is 1.47 bits per heavy atom. The molecule has 1 amide bonds. The van der Waals surface area contributed by atoms with E-state index in [0.29, 0.717) is 0 Å². The molecule has 0 saturated carbocycles. The molecular weight excluding hydrogens is 192 g/mol. The number of carbonyl (C=O) groups is 1. The summed E-state index contributed by atoms with van der Waals surface area (Å²) in [5.74, 6) is 0.670. The molecule has 2 fully saturated rings. The van der Waals surface area contributed by atoms with Crippen LogP contribution in [-0.2, 0) is 4.79 Å². The third-order valence-electron chi connectivity index (χ3n) is 3.58. The van der Waals surface area contributed by atoms with E-state index in [9.17, 15) is 9.90 Å². The summed E-state index contributed by atoms with van der Waals surface area (Å²) in [6.45, 7) is 5.24. The maximum absolute atomic E-state index is 12.1. The molecule has 2 aliphatic heterocycles. The van der Waals surface area contributed by atoms with Crippen molar-refractivity contribution in [3.05, 3.63) is 0 Å². The fourth-order valence-electron chi connectivity index (χ4n) is 2.46. The van der Waals surface area contributed by atoms with Crippen molar-refractivity contribution in [2.75, 3.05) is 26.2 Å². The van der Waals surface area contributed by atoms with Gasteiger partial charge in [0.2, 0.25) is 5.91 Å². The van der Waals surface area contributed by atoms with Crippen LogP contribution >= 0.6 is 0 Å². The highest BCUT2D eigenvalue weighted by Gasteiger charge is 2.32. The second-order valence-corrected chi connectivity index (χ2v) is 4.81. The number of aliphatic hydroxyl groups excluding tert-OH is 1. The maximum atomic E-state index is 12.1. The molecule has 2 saturated heterocycles. The average molecular weight is 212 g/mol. The molecule has 0 radical (unpaired) electrons. The minimum atomic E-state index is -0.226. The van der Waals surface area contributed by atoms with Gasteiger partial charge in [0.15, 0.2) is 0 Å². The number of nitrogens with zero attached hydrogens (tertiary/aromatic N) is 1. The van der Waals surface area contributed by atoms with E-state index >= 15 is 0 Å².